The van der Waals surface area contributed by atoms with Crippen LogP contribution in [0.5, 0.6) is 0 Å². The Kier molecular flexibility index (Phi) is 9.23. The molecule has 224 valence electrons. The highest BCUT2D eigenvalue weighted by Crippen LogP contribution is 2.29. The molecule has 2 aromatic carbocycles. The molecule has 0 aliphatic carbocycles. The molecule has 0 spiro atoms. The first-order valence-corrected chi connectivity index (χ1v) is 14.4. The minimum Gasteiger partial charge on any atom is -0.344 e. The molecule has 2 N–H and O–H groups in total. The first-order chi connectivity index (χ1) is 20.3. The number of aromatic nitrogens is 1. The van der Waals surface area contributed by atoms with Crippen LogP contribution in [0.1, 0.15) is 61.2 Å². The lowest BCUT2D eigenvalue weighted by Gasteiger charge is -2.28. The molecule has 0 saturated heterocycles. The van der Waals surface area contributed by atoms with Crippen LogP contribution < -0.4 is 15.5 Å². The van der Waals surface area contributed by atoms with Crippen molar-refractivity contribution in [3.8, 4) is 0 Å². The Morgan fingerprint density at radius 1 is 0.977 bits per heavy atom. The maximum Gasteiger partial charge on any atom is 0.272 e. The van der Waals surface area contributed by atoms with Crippen LogP contribution in [0.2, 0.25) is 0 Å². The fraction of sp³-hybridized carbons (Fsp3) is 0.353. The van der Waals surface area contributed by atoms with Crippen molar-refractivity contribution < 1.29 is 19.2 Å². The van der Waals surface area contributed by atoms with Crippen LogP contribution in [0, 0.1) is 26.2 Å². The molecule has 9 nitrogen and oxygen atoms in total. The number of ketones is 1. The number of benzodiazepines with no additional fused rings is 1. The van der Waals surface area contributed by atoms with Crippen LogP contribution in [-0.4, -0.2) is 53.0 Å². The number of fused-ring (bicyclic) bond motifs is 1. The largest absolute Gasteiger partial charge is 0.344 e. The number of pyridine rings is 1. The highest BCUT2D eigenvalue weighted by Gasteiger charge is 2.36. The van der Waals surface area contributed by atoms with Gasteiger partial charge in [-0.05, 0) is 62.6 Å². The Hall–Kier alpha value is -4.66. The van der Waals surface area contributed by atoms with Gasteiger partial charge in [0, 0.05) is 17.2 Å². The lowest BCUT2D eigenvalue weighted by Crippen LogP contribution is -2.54. The standard InChI is InChI=1S/C34H39N5O4/c1-20-16-21(2)25(22(3)17-20)18-29(41)36-23(4)32(42)38-31-33(43)39(19-28(40)34(5,6)7)27-14-9-8-12-24(27)30(37-31)26-13-10-11-15-35-26/h8-17,23,31H,18-19H2,1-7H3,(H,36,41)(H,38,42)/t23-,31?/m0/s1. The Morgan fingerprint density at radius 3 is 2.26 bits per heavy atom. The summed E-state index contributed by atoms with van der Waals surface area (Å²) in [5.74, 6) is -1.60. The van der Waals surface area contributed by atoms with E-state index in [9.17, 15) is 19.2 Å². The number of carbonyl (C=O) groups excluding carboxylic acids is 4. The van der Waals surface area contributed by atoms with E-state index in [-0.39, 0.29) is 24.7 Å². The number of hydrogen-bond donors (Lipinski definition) is 2. The molecule has 43 heavy (non-hydrogen) atoms. The minimum atomic E-state index is -1.36. The summed E-state index contributed by atoms with van der Waals surface area (Å²) in [7, 11) is 0. The Labute approximate surface area is 252 Å². The van der Waals surface area contributed by atoms with E-state index in [0.29, 0.717) is 22.7 Å². The Morgan fingerprint density at radius 2 is 1.63 bits per heavy atom. The third kappa shape index (κ3) is 7.23. The van der Waals surface area contributed by atoms with Gasteiger partial charge < -0.3 is 15.5 Å². The summed E-state index contributed by atoms with van der Waals surface area (Å²) in [5, 5.41) is 5.46. The molecule has 0 bridgehead atoms. The molecule has 2 atom stereocenters. The molecule has 1 aliphatic heterocycles. The van der Waals surface area contributed by atoms with E-state index in [1.54, 1.807) is 58.2 Å². The average Bonchev–Trinajstić information content (AvgIpc) is 3.05. The quantitative estimate of drug-likeness (QED) is 0.417. The highest BCUT2D eigenvalue weighted by atomic mass is 16.2. The van der Waals surface area contributed by atoms with Crippen molar-refractivity contribution in [3.05, 3.63) is 94.3 Å². The van der Waals surface area contributed by atoms with E-state index < -0.39 is 29.4 Å². The maximum absolute atomic E-state index is 14.0. The Bertz CT molecular complexity index is 1570. The topological polar surface area (TPSA) is 121 Å². The van der Waals surface area contributed by atoms with Crippen molar-refractivity contribution in [3.63, 3.8) is 0 Å². The van der Waals surface area contributed by atoms with E-state index in [1.165, 1.54) is 4.90 Å². The SMILES string of the molecule is Cc1cc(C)c(CC(=O)N[C@@H](C)C(=O)NC2N=C(c3ccccn3)c3ccccc3N(CC(=O)C(C)(C)C)C2=O)c(C)c1. The zero-order chi connectivity index (χ0) is 31.5. The van der Waals surface area contributed by atoms with Crippen molar-refractivity contribution in [1.82, 2.24) is 15.6 Å². The van der Waals surface area contributed by atoms with Crippen molar-refractivity contribution in [1.29, 1.82) is 0 Å². The number of rotatable bonds is 8. The molecule has 3 aromatic rings. The number of hydrogen-bond acceptors (Lipinski definition) is 6. The van der Waals surface area contributed by atoms with Crippen LogP contribution in [0.4, 0.5) is 5.69 Å². The van der Waals surface area contributed by atoms with Gasteiger partial charge in [-0.1, -0.05) is 62.7 Å². The van der Waals surface area contributed by atoms with E-state index in [0.717, 1.165) is 22.3 Å². The number of anilines is 1. The van der Waals surface area contributed by atoms with Gasteiger partial charge >= 0.3 is 0 Å². The molecule has 1 aromatic heterocycles. The molecule has 0 saturated carbocycles. The number of Topliss-reactive ketones (excluding diaryl/α,β-unsaturated/α-hetero) is 1. The molecular formula is C34H39N5O4. The van der Waals surface area contributed by atoms with Gasteiger partial charge in [0.15, 0.2) is 5.78 Å². The van der Waals surface area contributed by atoms with Gasteiger partial charge in [-0.15, -0.1) is 0 Å². The van der Waals surface area contributed by atoms with Gasteiger partial charge in [-0.3, -0.25) is 24.2 Å². The zero-order valence-electron chi connectivity index (χ0n) is 25.8. The number of nitrogens with zero attached hydrogens (tertiary/aromatic N) is 3. The van der Waals surface area contributed by atoms with Crippen molar-refractivity contribution in [2.24, 2.45) is 10.4 Å². The summed E-state index contributed by atoms with van der Waals surface area (Å²) in [6.07, 6.45) is 0.389. The van der Waals surface area contributed by atoms with E-state index in [4.69, 9.17) is 4.99 Å². The van der Waals surface area contributed by atoms with Crippen LogP contribution in [0.15, 0.2) is 65.8 Å². The van der Waals surface area contributed by atoms with E-state index in [1.807, 2.05) is 51.1 Å². The first kappa shape index (κ1) is 31.3. The second-order valence-corrected chi connectivity index (χ2v) is 12.1. The summed E-state index contributed by atoms with van der Waals surface area (Å²) in [6, 6.07) is 15.6. The fourth-order valence-corrected chi connectivity index (χ4v) is 5.04. The summed E-state index contributed by atoms with van der Waals surface area (Å²) in [4.78, 5) is 64.0. The van der Waals surface area contributed by atoms with Gasteiger partial charge in [0.2, 0.25) is 18.0 Å². The summed E-state index contributed by atoms with van der Waals surface area (Å²) < 4.78 is 0. The van der Waals surface area contributed by atoms with Gasteiger partial charge in [0.05, 0.1) is 30.1 Å². The fourth-order valence-electron chi connectivity index (χ4n) is 5.04. The number of nitrogens with one attached hydrogen (secondary N) is 2. The molecule has 2 heterocycles. The molecule has 1 aliphatic rings. The van der Waals surface area contributed by atoms with Crippen molar-refractivity contribution in [2.75, 3.05) is 11.4 Å². The monoisotopic (exact) mass is 581 g/mol. The minimum absolute atomic E-state index is 0.123. The molecule has 0 radical (unpaired) electrons. The van der Waals surface area contributed by atoms with Crippen LogP contribution >= 0.6 is 0 Å². The number of carbonyl (C=O) groups is 4. The smallest absolute Gasteiger partial charge is 0.272 e. The predicted octanol–water partition coefficient (Wildman–Crippen LogP) is 4.00. The van der Waals surface area contributed by atoms with Crippen LogP contribution in [0.3, 0.4) is 0 Å². The highest BCUT2D eigenvalue weighted by molar-refractivity contribution is 6.20. The van der Waals surface area contributed by atoms with Crippen LogP contribution in [-0.2, 0) is 25.6 Å². The first-order valence-electron chi connectivity index (χ1n) is 14.4. The molecular weight excluding hydrogens is 542 g/mol. The lowest BCUT2D eigenvalue weighted by molar-refractivity contribution is -0.131. The molecule has 1 unspecified atom stereocenters. The number of aryl methyl sites for hydroxylation is 3. The van der Waals surface area contributed by atoms with Crippen molar-refractivity contribution in [2.45, 2.75) is 67.1 Å². The third-order valence-electron chi connectivity index (χ3n) is 7.48. The van der Waals surface area contributed by atoms with Gasteiger partial charge in [0.25, 0.3) is 5.91 Å². The molecule has 0 fully saturated rings. The van der Waals surface area contributed by atoms with Gasteiger partial charge in [0.1, 0.15) is 6.04 Å². The lowest BCUT2D eigenvalue weighted by atomic mass is 9.90. The number of para-hydroxylation sites is 1. The van der Waals surface area contributed by atoms with Gasteiger partial charge in [-0.25, -0.2) is 4.99 Å². The maximum atomic E-state index is 14.0. The number of benzene rings is 2. The number of aliphatic imine (C=N–C) groups is 1. The number of amides is 3. The van der Waals surface area contributed by atoms with Gasteiger partial charge in [-0.2, -0.15) is 0 Å². The Balaban J connectivity index is 1.63. The normalized spacial score (nSPS) is 15.6. The summed E-state index contributed by atoms with van der Waals surface area (Å²) >= 11 is 0. The molecule has 3 amide bonds. The van der Waals surface area contributed by atoms with Crippen LogP contribution in [0.25, 0.3) is 0 Å². The van der Waals surface area contributed by atoms with E-state index in [2.05, 4.69) is 15.6 Å². The molecule has 4 rings (SSSR count). The molecule has 9 heteroatoms. The zero-order valence-corrected chi connectivity index (χ0v) is 25.8. The average molecular weight is 582 g/mol. The second kappa shape index (κ2) is 12.7. The third-order valence-corrected chi connectivity index (χ3v) is 7.48. The second-order valence-electron chi connectivity index (χ2n) is 12.1. The summed E-state index contributed by atoms with van der Waals surface area (Å²) in [5.41, 5.74) is 5.37. The van der Waals surface area contributed by atoms with Crippen molar-refractivity contribution >= 4 is 34.9 Å². The predicted molar refractivity (Wildman–Crippen MR) is 167 cm³/mol. The van der Waals surface area contributed by atoms with E-state index >= 15 is 0 Å². The summed E-state index contributed by atoms with van der Waals surface area (Å²) in [6.45, 7) is 12.7.